The molecule has 0 unspecified atom stereocenters. The molecule has 1 aromatic rings. The van der Waals surface area contributed by atoms with Gasteiger partial charge in [0.2, 0.25) is 0 Å². The quantitative estimate of drug-likeness (QED) is 0.877. The van der Waals surface area contributed by atoms with Crippen LogP contribution in [0.5, 0.6) is 5.75 Å². The highest BCUT2D eigenvalue weighted by atomic mass is 35.5. The van der Waals surface area contributed by atoms with Gasteiger partial charge in [-0.3, -0.25) is 4.79 Å². The van der Waals surface area contributed by atoms with Gasteiger partial charge in [0.1, 0.15) is 5.75 Å². The lowest BCUT2D eigenvalue weighted by Gasteiger charge is -2.26. The number of aliphatic carboxylic acids is 1. The summed E-state index contributed by atoms with van der Waals surface area (Å²) in [5.41, 5.74) is 0.656. The molecule has 0 bridgehead atoms. The Morgan fingerprint density at radius 1 is 1.47 bits per heavy atom. The molecule has 1 rings (SSSR count). The summed E-state index contributed by atoms with van der Waals surface area (Å²) in [7, 11) is 1.60. The second kappa shape index (κ2) is 5.41. The number of carboxylic acid groups (broad SMARTS) is 1. The zero-order valence-electron chi connectivity index (χ0n) is 10.3. The Bertz CT molecular complexity index is 413. The van der Waals surface area contributed by atoms with Gasteiger partial charge < -0.3 is 9.84 Å². The minimum Gasteiger partial charge on any atom is -0.496 e. The summed E-state index contributed by atoms with van der Waals surface area (Å²) < 4.78 is 5.29. The molecule has 0 atom stereocenters. The SMILES string of the molecule is COc1ccc(Cl)cc1C(C)(C)CCC(=O)O. The third-order valence-electron chi connectivity index (χ3n) is 2.85. The summed E-state index contributed by atoms with van der Waals surface area (Å²) >= 11 is 5.97. The third-order valence-corrected chi connectivity index (χ3v) is 3.09. The van der Waals surface area contributed by atoms with E-state index < -0.39 is 5.97 Å². The number of carbonyl (C=O) groups is 1. The van der Waals surface area contributed by atoms with Crippen molar-refractivity contribution in [2.45, 2.75) is 32.1 Å². The van der Waals surface area contributed by atoms with E-state index in [-0.39, 0.29) is 11.8 Å². The number of hydrogen-bond acceptors (Lipinski definition) is 2. The van der Waals surface area contributed by atoms with Crippen molar-refractivity contribution in [3.63, 3.8) is 0 Å². The van der Waals surface area contributed by atoms with Crippen LogP contribution in [0.2, 0.25) is 5.02 Å². The topological polar surface area (TPSA) is 46.5 Å². The van der Waals surface area contributed by atoms with Crippen LogP contribution in [0.3, 0.4) is 0 Å². The lowest BCUT2D eigenvalue weighted by Crippen LogP contribution is -2.19. The molecule has 0 heterocycles. The number of hydrogen-bond donors (Lipinski definition) is 1. The van der Waals surface area contributed by atoms with E-state index in [1.807, 2.05) is 19.9 Å². The van der Waals surface area contributed by atoms with Crippen molar-refractivity contribution >= 4 is 17.6 Å². The van der Waals surface area contributed by atoms with E-state index in [4.69, 9.17) is 21.4 Å². The van der Waals surface area contributed by atoms with Gasteiger partial charge >= 0.3 is 5.97 Å². The van der Waals surface area contributed by atoms with Gasteiger partial charge in [0, 0.05) is 17.0 Å². The first kappa shape index (κ1) is 13.8. The molecule has 0 fully saturated rings. The molecule has 0 aliphatic heterocycles. The van der Waals surface area contributed by atoms with Gasteiger partial charge in [0.25, 0.3) is 0 Å². The molecular weight excluding hydrogens is 240 g/mol. The summed E-state index contributed by atoms with van der Waals surface area (Å²) in [6.07, 6.45) is 0.668. The van der Waals surface area contributed by atoms with Gasteiger partial charge in [-0.25, -0.2) is 0 Å². The maximum atomic E-state index is 10.6. The van der Waals surface area contributed by atoms with Crippen molar-refractivity contribution in [3.8, 4) is 5.75 Å². The molecule has 94 valence electrons. The molecule has 1 aromatic carbocycles. The lowest BCUT2D eigenvalue weighted by atomic mass is 9.80. The van der Waals surface area contributed by atoms with Gasteiger partial charge in [-0.05, 0) is 30.0 Å². The molecule has 0 saturated heterocycles. The van der Waals surface area contributed by atoms with Crippen LogP contribution >= 0.6 is 11.6 Å². The number of halogens is 1. The Morgan fingerprint density at radius 2 is 2.12 bits per heavy atom. The molecule has 0 aromatic heterocycles. The lowest BCUT2D eigenvalue weighted by molar-refractivity contribution is -0.137. The minimum atomic E-state index is -0.793. The fourth-order valence-corrected chi connectivity index (χ4v) is 1.94. The first-order valence-electron chi connectivity index (χ1n) is 5.42. The highest BCUT2D eigenvalue weighted by Gasteiger charge is 2.25. The van der Waals surface area contributed by atoms with Crippen molar-refractivity contribution in [1.82, 2.24) is 0 Å². The first-order valence-corrected chi connectivity index (χ1v) is 5.80. The summed E-state index contributed by atoms with van der Waals surface area (Å²) in [6, 6.07) is 5.40. The van der Waals surface area contributed by atoms with Crippen molar-refractivity contribution in [2.24, 2.45) is 0 Å². The molecule has 0 aliphatic carbocycles. The number of ether oxygens (including phenoxy) is 1. The Hall–Kier alpha value is -1.22. The molecule has 0 saturated carbocycles. The average molecular weight is 257 g/mol. The predicted octanol–water partition coefficient (Wildman–Crippen LogP) is 3.49. The third kappa shape index (κ3) is 3.63. The fourth-order valence-electron chi connectivity index (χ4n) is 1.76. The van der Waals surface area contributed by atoms with Crippen molar-refractivity contribution in [2.75, 3.05) is 7.11 Å². The number of benzene rings is 1. The van der Waals surface area contributed by atoms with E-state index in [0.717, 1.165) is 11.3 Å². The maximum Gasteiger partial charge on any atom is 0.303 e. The van der Waals surface area contributed by atoms with Gasteiger partial charge in [-0.1, -0.05) is 25.4 Å². The van der Waals surface area contributed by atoms with Crippen molar-refractivity contribution < 1.29 is 14.6 Å². The minimum absolute atomic E-state index is 0.128. The molecule has 3 nitrogen and oxygen atoms in total. The Labute approximate surface area is 106 Å². The second-order valence-corrected chi connectivity index (χ2v) is 5.06. The molecule has 1 N–H and O–H groups in total. The molecule has 0 amide bonds. The van der Waals surface area contributed by atoms with E-state index in [9.17, 15) is 4.79 Å². The number of rotatable bonds is 5. The summed E-state index contributed by atoms with van der Waals surface area (Å²) in [6.45, 7) is 3.98. The van der Waals surface area contributed by atoms with Crippen molar-refractivity contribution in [3.05, 3.63) is 28.8 Å². The van der Waals surface area contributed by atoms with Crippen LogP contribution in [0.4, 0.5) is 0 Å². The van der Waals surface area contributed by atoms with Crippen molar-refractivity contribution in [1.29, 1.82) is 0 Å². The highest BCUT2D eigenvalue weighted by molar-refractivity contribution is 6.30. The fraction of sp³-hybridized carbons (Fsp3) is 0.462. The molecule has 0 aliphatic rings. The molecule has 0 spiro atoms. The van der Waals surface area contributed by atoms with E-state index in [2.05, 4.69) is 0 Å². The summed E-state index contributed by atoms with van der Waals surface area (Å²) in [5.74, 6) is -0.0520. The Balaban J connectivity index is 3.03. The first-order chi connectivity index (χ1) is 7.86. The summed E-state index contributed by atoms with van der Waals surface area (Å²) in [4.78, 5) is 10.6. The normalized spacial score (nSPS) is 11.3. The van der Waals surface area contributed by atoms with Crippen LogP contribution in [0, 0.1) is 0 Å². The van der Waals surface area contributed by atoms with Crippen LogP contribution in [-0.2, 0) is 10.2 Å². The Kier molecular flexibility index (Phi) is 4.40. The smallest absolute Gasteiger partial charge is 0.303 e. The van der Waals surface area contributed by atoms with Crippen LogP contribution < -0.4 is 4.74 Å². The largest absolute Gasteiger partial charge is 0.496 e. The van der Waals surface area contributed by atoms with Gasteiger partial charge in [-0.15, -0.1) is 0 Å². The van der Waals surface area contributed by atoms with E-state index >= 15 is 0 Å². The number of methoxy groups -OCH3 is 1. The van der Waals surface area contributed by atoms with Crippen LogP contribution in [0.25, 0.3) is 0 Å². The summed E-state index contributed by atoms with van der Waals surface area (Å²) in [5, 5.41) is 9.38. The van der Waals surface area contributed by atoms with E-state index in [1.165, 1.54) is 0 Å². The second-order valence-electron chi connectivity index (χ2n) is 4.62. The highest BCUT2D eigenvalue weighted by Crippen LogP contribution is 2.36. The standard InChI is InChI=1S/C13H17ClO3/c1-13(2,7-6-12(15)16)10-8-9(14)4-5-11(10)17-3/h4-5,8H,6-7H2,1-3H3,(H,15,16). The molecule has 0 radical (unpaired) electrons. The maximum absolute atomic E-state index is 10.6. The molecular formula is C13H17ClO3. The van der Waals surface area contributed by atoms with Gasteiger partial charge in [-0.2, -0.15) is 0 Å². The van der Waals surface area contributed by atoms with E-state index in [0.29, 0.717) is 11.4 Å². The van der Waals surface area contributed by atoms with E-state index in [1.54, 1.807) is 19.2 Å². The predicted molar refractivity (Wildman–Crippen MR) is 67.9 cm³/mol. The Morgan fingerprint density at radius 3 is 2.65 bits per heavy atom. The molecule has 4 heteroatoms. The zero-order chi connectivity index (χ0) is 13.1. The number of carboxylic acids is 1. The van der Waals surface area contributed by atoms with Crippen LogP contribution in [-0.4, -0.2) is 18.2 Å². The van der Waals surface area contributed by atoms with Crippen LogP contribution in [0.15, 0.2) is 18.2 Å². The van der Waals surface area contributed by atoms with Gasteiger partial charge in [0.15, 0.2) is 0 Å². The monoisotopic (exact) mass is 256 g/mol. The van der Waals surface area contributed by atoms with Gasteiger partial charge in [0.05, 0.1) is 7.11 Å². The molecule has 17 heavy (non-hydrogen) atoms. The average Bonchev–Trinajstić information content (AvgIpc) is 2.26. The van der Waals surface area contributed by atoms with Crippen LogP contribution in [0.1, 0.15) is 32.3 Å². The zero-order valence-corrected chi connectivity index (χ0v) is 11.0.